The number of likely N-dealkylation sites (N-methyl/N-ethyl adjacent to an activating group) is 1. The molecule has 0 atom stereocenters. The molecule has 0 aliphatic carbocycles. The third-order valence-electron chi connectivity index (χ3n) is 1.99. The molecule has 0 fully saturated rings. The molecule has 0 amide bonds. The lowest BCUT2D eigenvalue weighted by molar-refractivity contribution is 0.429. The maximum absolute atomic E-state index is 5.43. The average molecular weight is 168 g/mol. The Morgan fingerprint density at radius 3 is 2.25 bits per heavy atom. The molecule has 0 radical (unpaired) electrons. The second-order valence-corrected chi connectivity index (χ2v) is 3.34. The van der Waals surface area contributed by atoms with Crippen LogP contribution in [-0.2, 0) is 0 Å². The quantitative estimate of drug-likeness (QED) is 0.632. The van der Waals surface area contributed by atoms with E-state index in [4.69, 9.17) is 5.73 Å². The number of hydrogen-bond acceptors (Lipinski definition) is 2. The van der Waals surface area contributed by atoms with Crippen LogP contribution in [0, 0.1) is 5.92 Å². The SMILES string of the molecule is C=C(C(=C)N(C)CCN)C(C)C. The fraction of sp³-hybridized carbons (Fsp3) is 0.600. The van der Waals surface area contributed by atoms with E-state index in [1.807, 2.05) is 11.9 Å². The van der Waals surface area contributed by atoms with E-state index in [0.29, 0.717) is 12.5 Å². The Morgan fingerprint density at radius 1 is 1.42 bits per heavy atom. The largest absolute Gasteiger partial charge is 0.374 e. The fourth-order valence-corrected chi connectivity index (χ4v) is 0.907. The second kappa shape index (κ2) is 4.99. The Bertz CT molecular complexity index is 171. The van der Waals surface area contributed by atoms with Gasteiger partial charge in [0.1, 0.15) is 0 Å². The lowest BCUT2D eigenvalue weighted by atomic mass is 10.0. The summed E-state index contributed by atoms with van der Waals surface area (Å²) >= 11 is 0. The van der Waals surface area contributed by atoms with E-state index in [2.05, 4.69) is 27.0 Å². The van der Waals surface area contributed by atoms with Crippen LogP contribution in [0.2, 0.25) is 0 Å². The molecule has 0 bridgehead atoms. The predicted octanol–water partition coefficient (Wildman–Crippen LogP) is 1.60. The lowest BCUT2D eigenvalue weighted by Gasteiger charge is -2.24. The van der Waals surface area contributed by atoms with Gasteiger partial charge in [0.2, 0.25) is 0 Å². The summed E-state index contributed by atoms with van der Waals surface area (Å²) in [5.74, 6) is 0.456. The van der Waals surface area contributed by atoms with Gasteiger partial charge in [-0.25, -0.2) is 0 Å². The van der Waals surface area contributed by atoms with Crippen molar-refractivity contribution >= 4 is 0 Å². The van der Waals surface area contributed by atoms with Crippen LogP contribution < -0.4 is 5.73 Å². The van der Waals surface area contributed by atoms with Crippen molar-refractivity contribution in [2.24, 2.45) is 11.7 Å². The summed E-state index contributed by atoms with van der Waals surface area (Å²) in [7, 11) is 1.99. The maximum atomic E-state index is 5.43. The molecule has 0 aromatic carbocycles. The first-order chi connectivity index (χ1) is 5.50. The van der Waals surface area contributed by atoms with E-state index < -0.39 is 0 Å². The summed E-state index contributed by atoms with van der Waals surface area (Å²) in [5.41, 5.74) is 7.52. The molecule has 2 nitrogen and oxygen atoms in total. The van der Waals surface area contributed by atoms with E-state index >= 15 is 0 Å². The van der Waals surface area contributed by atoms with Gasteiger partial charge in [-0.3, -0.25) is 0 Å². The Morgan fingerprint density at radius 2 is 1.92 bits per heavy atom. The van der Waals surface area contributed by atoms with Crippen LogP contribution in [0.4, 0.5) is 0 Å². The van der Waals surface area contributed by atoms with Crippen molar-refractivity contribution in [2.45, 2.75) is 13.8 Å². The zero-order valence-corrected chi connectivity index (χ0v) is 8.43. The molecule has 2 N–H and O–H groups in total. The number of hydrogen-bond donors (Lipinski definition) is 1. The molecular weight excluding hydrogens is 148 g/mol. The molecule has 0 saturated carbocycles. The van der Waals surface area contributed by atoms with Gasteiger partial charge in [0.15, 0.2) is 0 Å². The molecule has 0 aliphatic heterocycles. The molecule has 0 aromatic heterocycles. The molecule has 0 rings (SSSR count). The highest BCUT2D eigenvalue weighted by molar-refractivity contribution is 5.25. The van der Waals surface area contributed by atoms with Crippen molar-refractivity contribution in [3.63, 3.8) is 0 Å². The van der Waals surface area contributed by atoms with Gasteiger partial charge in [0.25, 0.3) is 0 Å². The van der Waals surface area contributed by atoms with Crippen LogP contribution in [0.15, 0.2) is 24.4 Å². The Balaban J connectivity index is 4.10. The topological polar surface area (TPSA) is 29.3 Å². The number of allylic oxidation sites excluding steroid dienone is 1. The summed E-state index contributed by atoms with van der Waals surface area (Å²) in [4.78, 5) is 2.04. The van der Waals surface area contributed by atoms with Crippen LogP contribution in [0.5, 0.6) is 0 Å². The molecule has 0 aromatic rings. The van der Waals surface area contributed by atoms with Crippen molar-refractivity contribution in [3.05, 3.63) is 24.4 Å². The molecule has 0 saturated heterocycles. The first-order valence-electron chi connectivity index (χ1n) is 4.30. The summed E-state index contributed by atoms with van der Waals surface area (Å²) in [6.45, 7) is 13.7. The number of nitrogens with zero attached hydrogens (tertiary/aromatic N) is 1. The van der Waals surface area contributed by atoms with Crippen LogP contribution >= 0.6 is 0 Å². The summed E-state index contributed by atoms with van der Waals surface area (Å²) < 4.78 is 0. The van der Waals surface area contributed by atoms with Crippen molar-refractivity contribution in [1.29, 1.82) is 0 Å². The second-order valence-electron chi connectivity index (χ2n) is 3.34. The van der Waals surface area contributed by atoms with Gasteiger partial charge in [0.05, 0.1) is 0 Å². The summed E-state index contributed by atoms with van der Waals surface area (Å²) in [5, 5.41) is 0. The molecule has 2 heteroatoms. The first kappa shape index (κ1) is 11.2. The Kier molecular flexibility index (Phi) is 4.67. The minimum absolute atomic E-state index is 0.456. The summed E-state index contributed by atoms with van der Waals surface area (Å²) in [6.07, 6.45) is 0. The van der Waals surface area contributed by atoms with Crippen molar-refractivity contribution < 1.29 is 0 Å². The monoisotopic (exact) mass is 168 g/mol. The van der Waals surface area contributed by atoms with Crippen molar-refractivity contribution in [1.82, 2.24) is 4.90 Å². The predicted molar refractivity (Wildman–Crippen MR) is 54.8 cm³/mol. The molecular formula is C10H20N2. The van der Waals surface area contributed by atoms with Crippen LogP contribution in [0.3, 0.4) is 0 Å². The van der Waals surface area contributed by atoms with Gasteiger partial charge in [0, 0.05) is 25.8 Å². The molecule has 0 unspecified atom stereocenters. The smallest absolute Gasteiger partial charge is 0.0320 e. The van der Waals surface area contributed by atoms with Crippen LogP contribution in [0.1, 0.15) is 13.8 Å². The highest BCUT2D eigenvalue weighted by Gasteiger charge is 2.07. The minimum atomic E-state index is 0.456. The highest BCUT2D eigenvalue weighted by Crippen LogP contribution is 2.17. The third kappa shape index (κ3) is 3.09. The summed E-state index contributed by atoms with van der Waals surface area (Å²) in [6, 6.07) is 0. The van der Waals surface area contributed by atoms with E-state index in [0.717, 1.165) is 17.8 Å². The van der Waals surface area contributed by atoms with Crippen LogP contribution in [0.25, 0.3) is 0 Å². The van der Waals surface area contributed by atoms with Gasteiger partial charge >= 0.3 is 0 Å². The normalized spacial score (nSPS) is 10.1. The van der Waals surface area contributed by atoms with E-state index in [-0.39, 0.29) is 0 Å². The van der Waals surface area contributed by atoms with Gasteiger partial charge in [-0.15, -0.1) is 0 Å². The highest BCUT2D eigenvalue weighted by atomic mass is 15.1. The van der Waals surface area contributed by atoms with E-state index in [1.54, 1.807) is 0 Å². The number of nitrogens with two attached hydrogens (primary N) is 1. The van der Waals surface area contributed by atoms with Crippen molar-refractivity contribution in [3.8, 4) is 0 Å². The molecule has 0 spiro atoms. The van der Waals surface area contributed by atoms with Gasteiger partial charge in [-0.05, 0) is 11.5 Å². The van der Waals surface area contributed by atoms with Gasteiger partial charge in [-0.2, -0.15) is 0 Å². The standard InChI is InChI=1S/C10H20N2/c1-8(2)9(3)10(4)12(5)7-6-11/h8H,3-4,6-7,11H2,1-2,5H3. The Hall–Kier alpha value is -0.760. The molecule has 0 heterocycles. The zero-order chi connectivity index (χ0) is 9.72. The third-order valence-corrected chi connectivity index (χ3v) is 1.99. The van der Waals surface area contributed by atoms with Crippen molar-refractivity contribution in [2.75, 3.05) is 20.1 Å². The van der Waals surface area contributed by atoms with Crippen LogP contribution in [-0.4, -0.2) is 25.0 Å². The maximum Gasteiger partial charge on any atom is 0.0320 e. The molecule has 12 heavy (non-hydrogen) atoms. The van der Waals surface area contributed by atoms with E-state index in [9.17, 15) is 0 Å². The number of rotatable bonds is 5. The Labute approximate surface area is 75.7 Å². The lowest BCUT2D eigenvalue weighted by Crippen LogP contribution is -2.26. The van der Waals surface area contributed by atoms with Gasteiger partial charge < -0.3 is 10.6 Å². The zero-order valence-electron chi connectivity index (χ0n) is 8.43. The van der Waals surface area contributed by atoms with E-state index in [1.165, 1.54) is 0 Å². The van der Waals surface area contributed by atoms with Gasteiger partial charge in [-0.1, -0.05) is 27.0 Å². The average Bonchev–Trinajstić information content (AvgIpc) is 2.02. The first-order valence-corrected chi connectivity index (χ1v) is 4.30. The molecule has 0 aliphatic rings. The fourth-order valence-electron chi connectivity index (χ4n) is 0.907. The minimum Gasteiger partial charge on any atom is -0.374 e. The molecule has 70 valence electrons.